The standard InChI is InChI=1S/C30H34FN3O2S2/c1-20-7-5-9-24(15-20)38(35)34-14-6-8-22(19-34)25-16-26-27(18-32-2)30(21-10-12-23(31)13-11-21)36-29(26)17-28(25)33(3)37-4/h5,7,9-13,15-17,22,32H,6,8,14,18-19H2,1-4H3/p+1/t22-,38?/m0/s1. The maximum atomic E-state index is 13.6. The van der Waals surface area contributed by atoms with Gasteiger partial charge in [-0.3, -0.25) is 0 Å². The number of anilines is 1. The quantitative estimate of drug-likeness (QED) is 0.148. The van der Waals surface area contributed by atoms with E-state index in [4.69, 9.17) is 4.42 Å². The Hall–Kier alpha value is -2.65. The lowest BCUT2D eigenvalue weighted by atomic mass is 9.89. The molecule has 1 aliphatic heterocycles. The first-order valence-electron chi connectivity index (χ1n) is 13.0. The van der Waals surface area contributed by atoms with Gasteiger partial charge in [0.2, 0.25) is 0 Å². The summed E-state index contributed by atoms with van der Waals surface area (Å²) in [5.74, 6) is 0.738. The van der Waals surface area contributed by atoms with Crippen molar-refractivity contribution in [1.29, 1.82) is 0 Å². The highest BCUT2D eigenvalue weighted by atomic mass is 32.2. The fourth-order valence-electron chi connectivity index (χ4n) is 5.37. The Balaban J connectivity index is 1.57. The first-order valence-corrected chi connectivity index (χ1v) is 15.4. The molecule has 0 aliphatic carbocycles. The van der Waals surface area contributed by atoms with Crippen LogP contribution in [0, 0.1) is 12.7 Å². The smallest absolute Gasteiger partial charge is 0.178 e. The molecule has 2 heterocycles. The number of fused-ring (bicyclic) bond motifs is 1. The van der Waals surface area contributed by atoms with Crippen molar-refractivity contribution >= 4 is 39.6 Å². The Bertz CT molecular complexity index is 1450. The first-order chi connectivity index (χ1) is 18.4. The van der Waals surface area contributed by atoms with E-state index in [1.165, 1.54) is 17.7 Å². The minimum absolute atomic E-state index is 0.244. The van der Waals surface area contributed by atoms with Crippen LogP contribution in [0.1, 0.15) is 35.4 Å². The second kappa shape index (κ2) is 11.6. The third-order valence-corrected chi connectivity index (χ3v) is 9.67. The lowest BCUT2D eigenvalue weighted by molar-refractivity contribution is 0.327. The zero-order chi connectivity index (χ0) is 26.8. The van der Waals surface area contributed by atoms with Gasteiger partial charge in [0, 0.05) is 54.9 Å². The molecular formula is C30H35FN3O2S2+. The predicted molar refractivity (Wildman–Crippen MR) is 159 cm³/mol. The van der Waals surface area contributed by atoms with E-state index in [0.717, 1.165) is 69.9 Å². The average molecular weight is 553 g/mol. The van der Waals surface area contributed by atoms with Crippen LogP contribution in [0.2, 0.25) is 0 Å². The summed E-state index contributed by atoms with van der Waals surface area (Å²) in [5, 5.41) is 4.34. The molecular weight excluding hydrogens is 517 g/mol. The third kappa shape index (κ3) is 5.41. The van der Waals surface area contributed by atoms with Crippen LogP contribution >= 0.6 is 11.9 Å². The number of furan rings is 1. The summed E-state index contributed by atoms with van der Waals surface area (Å²) in [5.41, 5.74) is 6.21. The molecule has 5 nitrogen and oxygen atoms in total. The van der Waals surface area contributed by atoms with Gasteiger partial charge < -0.3 is 14.0 Å². The average Bonchev–Trinajstić information content (AvgIpc) is 3.29. The Kier molecular flexibility index (Phi) is 8.23. The Morgan fingerprint density at radius 3 is 2.68 bits per heavy atom. The van der Waals surface area contributed by atoms with Gasteiger partial charge in [0.05, 0.1) is 12.2 Å². The molecule has 5 rings (SSSR count). The normalized spacial score (nSPS) is 17.1. The maximum absolute atomic E-state index is 13.6. The van der Waals surface area contributed by atoms with Crippen LogP contribution in [-0.4, -0.2) is 37.7 Å². The number of piperidine rings is 1. The van der Waals surface area contributed by atoms with Crippen molar-refractivity contribution in [2.45, 2.75) is 37.1 Å². The maximum Gasteiger partial charge on any atom is 0.178 e. The predicted octanol–water partition coefficient (Wildman–Crippen LogP) is 6.83. The molecule has 0 spiro atoms. The largest absolute Gasteiger partial charge is 0.456 e. The topological polar surface area (TPSA) is 48.7 Å². The molecule has 200 valence electrons. The molecule has 38 heavy (non-hydrogen) atoms. The molecule has 1 saturated heterocycles. The van der Waals surface area contributed by atoms with E-state index in [1.807, 2.05) is 38.2 Å². The highest BCUT2D eigenvalue weighted by molar-refractivity contribution is 7.99. The summed E-state index contributed by atoms with van der Waals surface area (Å²) in [6, 6.07) is 18.9. The minimum Gasteiger partial charge on any atom is -0.456 e. The number of nitrogens with one attached hydrogen (secondary N) is 1. The van der Waals surface area contributed by atoms with Gasteiger partial charge in [-0.1, -0.05) is 28.3 Å². The summed E-state index contributed by atoms with van der Waals surface area (Å²) >= 11 is 1.66. The molecule has 0 amide bonds. The zero-order valence-electron chi connectivity index (χ0n) is 22.3. The SMILES string of the molecule is CNCc1c(-c2ccc(F)cc2)oc2cc(N(C)SC)c([C@H]3CCCN([SH+](=O)c4cccc(C)c4)C3)cc12. The highest BCUT2D eigenvalue weighted by Crippen LogP contribution is 2.42. The van der Waals surface area contributed by atoms with E-state index < -0.39 is 11.0 Å². The van der Waals surface area contributed by atoms with Crippen molar-refractivity contribution in [3.8, 4) is 11.3 Å². The third-order valence-electron chi connectivity index (χ3n) is 7.33. The van der Waals surface area contributed by atoms with Crippen LogP contribution < -0.4 is 9.62 Å². The Morgan fingerprint density at radius 1 is 1.18 bits per heavy atom. The second-order valence-corrected chi connectivity index (χ2v) is 12.4. The number of hydrogen-bond donors (Lipinski definition) is 1. The van der Waals surface area contributed by atoms with Crippen molar-refractivity contribution in [2.75, 3.05) is 37.7 Å². The first kappa shape index (κ1) is 26.9. The number of benzene rings is 3. The van der Waals surface area contributed by atoms with Crippen LogP contribution in [0.3, 0.4) is 0 Å². The minimum atomic E-state index is -1.63. The van der Waals surface area contributed by atoms with Gasteiger partial charge in [-0.15, -0.1) is 4.31 Å². The molecule has 8 heteroatoms. The lowest BCUT2D eigenvalue weighted by Gasteiger charge is -2.31. The van der Waals surface area contributed by atoms with E-state index in [-0.39, 0.29) is 11.7 Å². The van der Waals surface area contributed by atoms with E-state index in [2.05, 4.69) is 39.4 Å². The Morgan fingerprint density at radius 2 is 1.97 bits per heavy atom. The summed E-state index contributed by atoms with van der Waals surface area (Å²) in [7, 11) is 2.37. The van der Waals surface area contributed by atoms with Gasteiger partial charge >= 0.3 is 0 Å². The summed E-state index contributed by atoms with van der Waals surface area (Å²) in [6.45, 7) is 4.25. The van der Waals surface area contributed by atoms with E-state index in [9.17, 15) is 8.60 Å². The molecule has 1 aromatic heterocycles. The molecule has 1 N–H and O–H groups in total. The number of hydrogen-bond acceptors (Lipinski definition) is 5. The van der Waals surface area contributed by atoms with Crippen molar-refractivity contribution < 1.29 is 13.0 Å². The summed E-state index contributed by atoms with van der Waals surface area (Å²) in [6.07, 6.45) is 4.10. The molecule has 0 saturated carbocycles. The number of aryl methyl sites for hydroxylation is 1. The Labute approximate surface area is 231 Å². The molecule has 0 radical (unpaired) electrons. The van der Waals surface area contributed by atoms with Crippen molar-refractivity contribution in [3.63, 3.8) is 0 Å². The van der Waals surface area contributed by atoms with Crippen LogP contribution in [0.25, 0.3) is 22.3 Å². The number of rotatable bonds is 8. The summed E-state index contributed by atoms with van der Waals surface area (Å²) in [4.78, 5) is 0.896. The molecule has 1 unspecified atom stereocenters. The monoisotopic (exact) mass is 552 g/mol. The highest BCUT2D eigenvalue weighted by Gasteiger charge is 2.32. The van der Waals surface area contributed by atoms with Crippen molar-refractivity contribution in [1.82, 2.24) is 9.62 Å². The van der Waals surface area contributed by atoms with Crippen molar-refractivity contribution in [2.24, 2.45) is 0 Å². The molecule has 3 aromatic carbocycles. The molecule has 4 aromatic rings. The van der Waals surface area contributed by atoms with Gasteiger partial charge in [0.1, 0.15) is 17.2 Å². The van der Waals surface area contributed by atoms with Crippen LogP contribution in [0.4, 0.5) is 10.1 Å². The van der Waals surface area contributed by atoms with E-state index in [1.54, 1.807) is 24.1 Å². The fraction of sp³-hybridized carbons (Fsp3) is 0.333. The molecule has 1 fully saturated rings. The molecule has 2 atom stereocenters. The number of nitrogens with zero attached hydrogens (tertiary/aromatic N) is 2. The van der Waals surface area contributed by atoms with Gasteiger partial charge in [-0.05, 0) is 80.4 Å². The van der Waals surface area contributed by atoms with Gasteiger partial charge in [0.15, 0.2) is 15.9 Å². The lowest BCUT2D eigenvalue weighted by Crippen LogP contribution is -2.36. The number of halogens is 1. The van der Waals surface area contributed by atoms with Gasteiger partial charge in [-0.25, -0.2) is 4.39 Å². The fourth-order valence-corrected chi connectivity index (χ4v) is 7.25. The van der Waals surface area contributed by atoms with Gasteiger partial charge in [0.25, 0.3) is 0 Å². The number of thiol groups is 1. The molecule has 1 aliphatic rings. The van der Waals surface area contributed by atoms with Crippen molar-refractivity contribution in [3.05, 3.63) is 83.2 Å². The van der Waals surface area contributed by atoms with Crippen LogP contribution in [0.5, 0.6) is 0 Å². The second-order valence-electron chi connectivity index (χ2n) is 9.90. The van der Waals surface area contributed by atoms with E-state index in [0.29, 0.717) is 6.54 Å². The van der Waals surface area contributed by atoms with Gasteiger partial charge in [-0.2, -0.15) is 0 Å². The van der Waals surface area contributed by atoms with Crippen LogP contribution in [-0.2, 0) is 21.7 Å². The summed E-state index contributed by atoms with van der Waals surface area (Å²) < 4.78 is 37.9. The van der Waals surface area contributed by atoms with E-state index >= 15 is 0 Å². The molecule has 0 bridgehead atoms. The van der Waals surface area contributed by atoms with Crippen LogP contribution in [0.15, 0.2) is 70.0 Å². The zero-order valence-corrected chi connectivity index (χ0v) is 24.0.